The molecule has 0 spiro atoms. The van der Waals surface area contributed by atoms with Crippen molar-refractivity contribution in [1.29, 1.82) is 0 Å². The number of aryl methyl sites for hydroxylation is 1. The molecule has 1 unspecified atom stereocenters. The van der Waals surface area contributed by atoms with Crippen molar-refractivity contribution in [2.45, 2.75) is 53.6 Å². The fourth-order valence-corrected chi connectivity index (χ4v) is 4.53. The molecule has 5 nitrogen and oxygen atoms in total. The summed E-state index contributed by atoms with van der Waals surface area (Å²) >= 11 is 0. The molecule has 0 amide bonds. The minimum atomic E-state index is -2.88. The third kappa shape index (κ3) is 4.07. The Morgan fingerprint density at radius 3 is 2.52 bits per heavy atom. The second-order valence-corrected chi connectivity index (χ2v) is 9.54. The number of nitrogens with one attached hydrogen (secondary N) is 1. The van der Waals surface area contributed by atoms with Gasteiger partial charge in [-0.2, -0.15) is 5.10 Å². The number of rotatable bonds is 4. The Bertz CT molecular complexity index is 612. The predicted octanol–water partition coefficient (Wildman–Crippen LogP) is 2.00. The third-order valence-corrected chi connectivity index (χ3v) is 5.74. The standard InChI is InChI=1S/C15H27N3O2S/c1-11-14(8-16-10-15(3,4)5)12(2)18(17-11)13-6-7-21(19,20)9-13/h13,16H,6-10H2,1-5H3. The Hall–Kier alpha value is -0.880. The molecule has 0 saturated carbocycles. The first kappa shape index (κ1) is 16.5. The van der Waals surface area contributed by atoms with E-state index in [4.69, 9.17) is 0 Å². The van der Waals surface area contributed by atoms with Crippen LogP contribution in [0.2, 0.25) is 0 Å². The van der Waals surface area contributed by atoms with E-state index in [1.807, 2.05) is 18.5 Å². The van der Waals surface area contributed by atoms with Crippen LogP contribution in [-0.2, 0) is 16.4 Å². The largest absolute Gasteiger partial charge is 0.312 e. The van der Waals surface area contributed by atoms with Gasteiger partial charge >= 0.3 is 0 Å². The van der Waals surface area contributed by atoms with Crippen LogP contribution in [0.1, 0.15) is 50.2 Å². The average molecular weight is 313 g/mol. The van der Waals surface area contributed by atoms with E-state index < -0.39 is 9.84 Å². The van der Waals surface area contributed by atoms with Gasteiger partial charge in [-0.25, -0.2) is 8.42 Å². The van der Waals surface area contributed by atoms with Gasteiger partial charge in [-0.15, -0.1) is 0 Å². The molecule has 120 valence electrons. The summed E-state index contributed by atoms with van der Waals surface area (Å²) in [4.78, 5) is 0. The van der Waals surface area contributed by atoms with Crippen molar-refractivity contribution < 1.29 is 8.42 Å². The number of hydrogen-bond donors (Lipinski definition) is 1. The van der Waals surface area contributed by atoms with Crippen molar-refractivity contribution in [3.63, 3.8) is 0 Å². The van der Waals surface area contributed by atoms with Crippen molar-refractivity contribution in [3.8, 4) is 0 Å². The molecule has 6 heteroatoms. The second-order valence-electron chi connectivity index (χ2n) is 7.32. The van der Waals surface area contributed by atoms with E-state index in [0.717, 1.165) is 24.5 Å². The molecule has 0 radical (unpaired) electrons. The molecule has 0 bridgehead atoms. The molecule has 1 aliphatic heterocycles. The molecule has 2 heterocycles. The molecule has 1 aliphatic rings. The fraction of sp³-hybridized carbons (Fsp3) is 0.800. The molecule has 1 aromatic heterocycles. The van der Waals surface area contributed by atoms with Crippen LogP contribution in [0, 0.1) is 19.3 Å². The molecular weight excluding hydrogens is 286 g/mol. The number of nitrogens with zero attached hydrogens (tertiary/aromatic N) is 2. The van der Waals surface area contributed by atoms with Gasteiger partial charge in [0.25, 0.3) is 0 Å². The zero-order valence-electron chi connectivity index (χ0n) is 13.7. The fourth-order valence-electron chi connectivity index (χ4n) is 2.84. The monoisotopic (exact) mass is 313 g/mol. The Morgan fingerprint density at radius 2 is 2.00 bits per heavy atom. The first-order valence-electron chi connectivity index (χ1n) is 7.55. The topological polar surface area (TPSA) is 64.0 Å². The van der Waals surface area contributed by atoms with Crippen LogP contribution in [0.4, 0.5) is 0 Å². The molecular formula is C15H27N3O2S. The number of aromatic nitrogens is 2. The van der Waals surface area contributed by atoms with E-state index in [-0.39, 0.29) is 23.0 Å². The van der Waals surface area contributed by atoms with E-state index in [0.29, 0.717) is 6.42 Å². The Morgan fingerprint density at radius 1 is 1.33 bits per heavy atom. The Labute approximate surface area is 128 Å². The third-order valence-electron chi connectivity index (χ3n) is 3.99. The number of sulfone groups is 1. The maximum Gasteiger partial charge on any atom is 0.152 e. The zero-order valence-corrected chi connectivity index (χ0v) is 14.5. The smallest absolute Gasteiger partial charge is 0.152 e. The van der Waals surface area contributed by atoms with Gasteiger partial charge in [0.2, 0.25) is 0 Å². The van der Waals surface area contributed by atoms with Crippen LogP contribution in [0.15, 0.2) is 0 Å². The SMILES string of the molecule is Cc1nn(C2CCS(=O)(=O)C2)c(C)c1CNCC(C)(C)C. The van der Waals surface area contributed by atoms with Gasteiger partial charge in [0, 0.05) is 24.3 Å². The van der Waals surface area contributed by atoms with E-state index in [1.54, 1.807) is 0 Å². The van der Waals surface area contributed by atoms with Gasteiger partial charge in [0.15, 0.2) is 9.84 Å². The van der Waals surface area contributed by atoms with Crippen LogP contribution < -0.4 is 5.32 Å². The number of hydrogen-bond acceptors (Lipinski definition) is 4. The van der Waals surface area contributed by atoms with Crippen LogP contribution in [0.3, 0.4) is 0 Å². The van der Waals surface area contributed by atoms with Gasteiger partial charge in [0.05, 0.1) is 23.2 Å². The summed E-state index contributed by atoms with van der Waals surface area (Å²) in [6, 6.07) is 0.00469. The van der Waals surface area contributed by atoms with Gasteiger partial charge < -0.3 is 5.32 Å². The Balaban J connectivity index is 2.11. The minimum Gasteiger partial charge on any atom is -0.312 e. The molecule has 2 rings (SSSR count). The highest BCUT2D eigenvalue weighted by Crippen LogP contribution is 2.26. The maximum atomic E-state index is 11.6. The van der Waals surface area contributed by atoms with Crippen LogP contribution in [0.5, 0.6) is 0 Å². The quantitative estimate of drug-likeness (QED) is 0.923. The lowest BCUT2D eigenvalue weighted by Gasteiger charge is -2.19. The summed E-state index contributed by atoms with van der Waals surface area (Å²) in [5, 5.41) is 8.06. The van der Waals surface area contributed by atoms with Crippen molar-refractivity contribution in [2.24, 2.45) is 5.41 Å². The summed E-state index contributed by atoms with van der Waals surface area (Å²) < 4.78 is 25.2. The van der Waals surface area contributed by atoms with Gasteiger partial charge in [0.1, 0.15) is 0 Å². The van der Waals surface area contributed by atoms with Crippen LogP contribution in [-0.4, -0.2) is 36.2 Å². The van der Waals surface area contributed by atoms with Crippen LogP contribution >= 0.6 is 0 Å². The van der Waals surface area contributed by atoms with E-state index in [9.17, 15) is 8.42 Å². The second kappa shape index (κ2) is 5.72. The maximum absolute atomic E-state index is 11.6. The molecule has 1 atom stereocenters. The van der Waals surface area contributed by atoms with Crippen molar-refractivity contribution >= 4 is 9.84 Å². The summed E-state index contributed by atoms with van der Waals surface area (Å²) in [6.07, 6.45) is 0.680. The minimum absolute atomic E-state index is 0.00469. The molecule has 0 aliphatic carbocycles. The molecule has 1 N–H and O–H groups in total. The highest BCUT2D eigenvalue weighted by Gasteiger charge is 2.31. The summed E-state index contributed by atoms with van der Waals surface area (Å²) in [7, 11) is -2.88. The molecule has 21 heavy (non-hydrogen) atoms. The molecule has 0 aromatic carbocycles. The van der Waals surface area contributed by atoms with Crippen molar-refractivity contribution in [1.82, 2.24) is 15.1 Å². The van der Waals surface area contributed by atoms with E-state index >= 15 is 0 Å². The summed E-state index contributed by atoms with van der Waals surface area (Å²) in [5.41, 5.74) is 3.54. The molecule has 1 saturated heterocycles. The molecule has 1 aromatic rings. The lowest BCUT2D eigenvalue weighted by molar-refractivity contribution is 0.379. The van der Waals surface area contributed by atoms with E-state index in [2.05, 4.69) is 31.2 Å². The van der Waals surface area contributed by atoms with Crippen molar-refractivity contribution in [2.75, 3.05) is 18.1 Å². The highest BCUT2D eigenvalue weighted by atomic mass is 32.2. The normalized spacial score (nSPS) is 21.9. The zero-order chi connectivity index (χ0) is 15.8. The molecule has 1 fully saturated rings. The first-order chi connectivity index (χ1) is 9.59. The highest BCUT2D eigenvalue weighted by molar-refractivity contribution is 7.91. The van der Waals surface area contributed by atoms with Crippen LogP contribution in [0.25, 0.3) is 0 Å². The lowest BCUT2D eigenvalue weighted by Crippen LogP contribution is -2.26. The summed E-state index contributed by atoms with van der Waals surface area (Å²) in [5.74, 6) is 0.511. The first-order valence-corrected chi connectivity index (χ1v) is 9.37. The van der Waals surface area contributed by atoms with Gasteiger partial charge in [-0.3, -0.25) is 4.68 Å². The van der Waals surface area contributed by atoms with E-state index in [1.165, 1.54) is 5.56 Å². The van der Waals surface area contributed by atoms with Gasteiger partial charge in [-0.1, -0.05) is 20.8 Å². The average Bonchev–Trinajstić information content (AvgIpc) is 2.81. The lowest BCUT2D eigenvalue weighted by atomic mass is 9.97. The van der Waals surface area contributed by atoms with Gasteiger partial charge in [-0.05, 0) is 25.7 Å². The van der Waals surface area contributed by atoms with Crippen molar-refractivity contribution in [3.05, 3.63) is 17.0 Å². The Kier molecular flexibility index (Phi) is 4.49. The predicted molar refractivity (Wildman–Crippen MR) is 85.2 cm³/mol. The summed E-state index contributed by atoms with van der Waals surface area (Å²) in [6.45, 7) is 12.4.